The average molecular weight is 419 g/mol. The summed E-state index contributed by atoms with van der Waals surface area (Å²) >= 11 is 0. The molecule has 0 bridgehead atoms. The Morgan fingerprint density at radius 1 is 1.16 bits per heavy atom. The summed E-state index contributed by atoms with van der Waals surface area (Å²) in [5.74, 6) is 0.176. The van der Waals surface area contributed by atoms with Crippen molar-refractivity contribution < 1.29 is 23.4 Å². The van der Waals surface area contributed by atoms with E-state index in [1.54, 1.807) is 31.2 Å². The number of hydrogen-bond donors (Lipinski definition) is 0. The van der Waals surface area contributed by atoms with Crippen molar-refractivity contribution in [3.8, 4) is 17.6 Å². The minimum Gasteiger partial charge on any atom is -0.493 e. The van der Waals surface area contributed by atoms with Crippen LogP contribution < -0.4 is 15.1 Å². The smallest absolute Gasteiger partial charge is 0.348 e. The monoisotopic (exact) mass is 419 g/mol. The Balaban J connectivity index is 1.87. The summed E-state index contributed by atoms with van der Waals surface area (Å²) in [6.45, 7) is 3.90. The first-order valence-corrected chi connectivity index (χ1v) is 9.58. The van der Waals surface area contributed by atoms with Gasteiger partial charge in [-0.2, -0.15) is 5.26 Å². The van der Waals surface area contributed by atoms with Gasteiger partial charge in [0.25, 0.3) is 0 Å². The Labute approximate surface area is 179 Å². The second-order valence-corrected chi connectivity index (χ2v) is 6.68. The third kappa shape index (κ3) is 5.11. The van der Waals surface area contributed by atoms with E-state index < -0.39 is 11.6 Å². The van der Waals surface area contributed by atoms with Crippen molar-refractivity contribution in [1.29, 1.82) is 5.26 Å². The van der Waals surface area contributed by atoms with Gasteiger partial charge >= 0.3 is 11.6 Å². The number of rotatable bonds is 7. The quantitative estimate of drug-likeness (QED) is 0.245. The number of aryl methyl sites for hydroxylation is 1. The molecular weight excluding hydrogens is 398 g/mol. The lowest BCUT2D eigenvalue weighted by molar-refractivity contribution is -0.137. The van der Waals surface area contributed by atoms with Crippen LogP contribution in [0.3, 0.4) is 0 Å². The molecule has 0 aliphatic rings. The minimum absolute atomic E-state index is 0.115. The summed E-state index contributed by atoms with van der Waals surface area (Å²) in [7, 11) is 1.49. The Hall–Kier alpha value is -4.05. The number of benzene rings is 2. The first-order chi connectivity index (χ1) is 14.9. The normalized spacial score (nSPS) is 11.1. The molecule has 0 unspecified atom stereocenters. The van der Waals surface area contributed by atoms with E-state index in [9.17, 15) is 14.9 Å². The number of carbonyl (C=O) groups excluding carboxylic acids is 1. The topological polar surface area (TPSA) is 98.8 Å². The van der Waals surface area contributed by atoms with Crippen LogP contribution in [0.1, 0.15) is 23.6 Å². The third-order valence-electron chi connectivity index (χ3n) is 4.48. The maximum Gasteiger partial charge on any atom is 0.348 e. The molecule has 1 heterocycles. The molecule has 1 aromatic heterocycles. The fourth-order valence-corrected chi connectivity index (χ4v) is 3.02. The van der Waals surface area contributed by atoms with Crippen LogP contribution in [0.25, 0.3) is 17.0 Å². The predicted molar refractivity (Wildman–Crippen MR) is 115 cm³/mol. The van der Waals surface area contributed by atoms with Crippen molar-refractivity contribution in [3.63, 3.8) is 0 Å². The van der Waals surface area contributed by atoms with Crippen LogP contribution in [0, 0.1) is 18.3 Å². The van der Waals surface area contributed by atoms with Crippen molar-refractivity contribution in [2.24, 2.45) is 0 Å². The second kappa shape index (κ2) is 9.63. The molecule has 0 amide bonds. The number of carbonyl (C=O) groups is 1. The van der Waals surface area contributed by atoms with Crippen LogP contribution in [-0.2, 0) is 16.1 Å². The number of hydrogen-bond acceptors (Lipinski definition) is 7. The summed E-state index contributed by atoms with van der Waals surface area (Å²) in [6, 6.07) is 13.9. The Kier molecular flexibility index (Phi) is 6.73. The van der Waals surface area contributed by atoms with Gasteiger partial charge in [-0.3, -0.25) is 0 Å². The average Bonchev–Trinajstić information content (AvgIpc) is 2.75. The van der Waals surface area contributed by atoms with Gasteiger partial charge in [0.1, 0.15) is 23.8 Å². The van der Waals surface area contributed by atoms with Crippen molar-refractivity contribution >= 4 is 23.0 Å². The largest absolute Gasteiger partial charge is 0.493 e. The van der Waals surface area contributed by atoms with Gasteiger partial charge in [0.05, 0.1) is 13.7 Å². The van der Waals surface area contributed by atoms with E-state index in [-0.39, 0.29) is 18.8 Å². The summed E-state index contributed by atoms with van der Waals surface area (Å²) < 4.78 is 21.4. The highest BCUT2D eigenvalue weighted by atomic mass is 16.5. The van der Waals surface area contributed by atoms with Gasteiger partial charge in [0, 0.05) is 17.0 Å². The zero-order valence-electron chi connectivity index (χ0n) is 17.4. The van der Waals surface area contributed by atoms with Gasteiger partial charge < -0.3 is 18.6 Å². The lowest BCUT2D eigenvalue weighted by Gasteiger charge is -2.12. The van der Waals surface area contributed by atoms with Crippen LogP contribution in [-0.4, -0.2) is 19.7 Å². The number of ether oxygens (including phenoxy) is 3. The summed E-state index contributed by atoms with van der Waals surface area (Å²) in [5.41, 5.74) is 2.18. The second-order valence-electron chi connectivity index (χ2n) is 6.68. The molecular formula is C24H21NO6. The number of fused-ring (bicyclic) bond motifs is 1. The summed E-state index contributed by atoms with van der Waals surface area (Å²) in [4.78, 5) is 23.7. The Morgan fingerprint density at radius 2 is 1.97 bits per heavy atom. The molecule has 0 aliphatic carbocycles. The molecule has 0 saturated heterocycles. The third-order valence-corrected chi connectivity index (χ3v) is 4.48. The van der Waals surface area contributed by atoms with Gasteiger partial charge in [-0.15, -0.1) is 0 Å². The fraction of sp³-hybridized carbons (Fsp3) is 0.208. The summed E-state index contributed by atoms with van der Waals surface area (Å²) in [5, 5.41) is 9.98. The SMILES string of the molecule is CCOC(=O)/C(C#N)=C\c1ccc(OCc2cc(=O)oc3cc(C)ccc23)c(OC)c1. The maximum atomic E-state index is 11.9. The highest BCUT2D eigenvalue weighted by Gasteiger charge is 2.12. The number of methoxy groups -OCH3 is 1. The van der Waals surface area contributed by atoms with Gasteiger partial charge in [-0.1, -0.05) is 18.2 Å². The molecule has 0 N–H and O–H groups in total. The number of nitriles is 1. The molecule has 3 rings (SSSR count). The first-order valence-electron chi connectivity index (χ1n) is 9.58. The first kappa shape index (κ1) is 21.7. The van der Waals surface area contributed by atoms with Gasteiger partial charge in [-0.05, 0) is 49.2 Å². The molecule has 0 spiro atoms. The summed E-state index contributed by atoms with van der Waals surface area (Å²) in [6.07, 6.45) is 1.42. The highest BCUT2D eigenvalue weighted by molar-refractivity contribution is 5.98. The Morgan fingerprint density at radius 3 is 2.68 bits per heavy atom. The molecule has 158 valence electrons. The molecule has 7 nitrogen and oxygen atoms in total. The predicted octanol–water partition coefficient (Wildman–Crippen LogP) is 4.16. The van der Waals surface area contributed by atoms with E-state index >= 15 is 0 Å². The number of esters is 1. The van der Waals surface area contributed by atoms with E-state index in [1.807, 2.05) is 25.1 Å². The molecule has 0 atom stereocenters. The molecule has 0 radical (unpaired) electrons. The van der Waals surface area contributed by atoms with E-state index in [0.29, 0.717) is 28.2 Å². The van der Waals surface area contributed by atoms with Crippen LogP contribution in [0.5, 0.6) is 11.5 Å². The maximum absolute atomic E-state index is 11.9. The zero-order chi connectivity index (χ0) is 22.4. The Bertz CT molecular complexity index is 1250. The van der Waals surface area contributed by atoms with Gasteiger partial charge in [0.15, 0.2) is 11.5 Å². The van der Waals surface area contributed by atoms with E-state index in [2.05, 4.69) is 0 Å². The van der Waals surface area contributed by atoms with Crippen molar-refractivity contribution in [1.82, 2.24) is 0 Å². The molecule has 7 heteroatoms. The van der Waals surface area contributed by atoms with Gasteiger partial charge in [0.2, 0.25) is 0 Å². The highest BCUT2D eigenvalue weighted by Crippen LogP contribution is 2.30. The van der Waals surface area contributed by atoms with Crippen molar-refractivity contribution in [3.05, 3.63) is 75.1 Å². The van der Waals surface area contributed by atoms with Crippen LogP contribution in [0.2, 0.25) is 0 Å². The van der Waals surface area contributed by atoms with E-state index in [1.165, 1.54) is 19.3 Å². The molecule has 0 saturated carbocycles. The minimum atomic E-state index is -0.686. The lowest BCUT2D eigenvalue weighted by atomic mass is 10.1. The van der Waals surface area contributed by atoms with Crippen LogP contribution in [0.4, 0.5) is 0 Å². The molecule has 31 heavy (non-hydrogen) atoms. The molecule has 0 fully saturated rings. The zero-order valence-corrected chi connectivity index (χ0v) is 17.4. The lowest BCUT2D eigenvalue weighted by Crippen LogP contribution is -2.06. The van der Waals surface area contributed by atoms with Crippen LogP contribution >= 0.6 is 0 Å². The van der Waals surface area contributed by atoms with E-state index in [4.69, 9.17) is 18.6 Å². The van der Waals surface area contributed by atoms with Gasteiger partial charge in [-0.25, -0.2) is 9.59 Å². The molecule has 0 aliphatic heterocycles. The van der Waals surface area contributed by atoms with E-state index in [0.717, 1.165) is 10.9 Å². The van der Waals surface area contributed by atoms with Crippen molar-refractivity contribution in [2.45, 2.75) is 20.5 Å². The van der Waals surface area contributed by atoms with Crippen molar-refractivity contribution in [2.75, 3.05) is 13.7 Å². The standard InChI is InChI=1S/C24H21NO6/c1-4-29-24(27)17(13-25)10-16-6-8-20(22(11-16)28-3)30-14-18-12-23(26)31-21-9-15(2)5-7-19(18)21/h5-12H,4,14H2,1-3H3/b17-10-. The molecule has 3 aromatic rings. The fourth-order valence-electron chi connectivity index (χ4n) is 3.02. The van der Waals surface area contributed by atoms with Crippen LogP contribution in [0.15, 0.2) is 57.2 Å². The number of nitrogens with zero attached hydrogens (tertiary/aromatic N) is 1. The molecule has 2 aromatic carbocycles.